The average Bonchev–Trinajstić information content (AvgIpc) is 3.01. The van der Waals surface area contributed by atoms with Gasteiger partial charge in [-0.3, -0.25) is 4.68 Å². The average molecular weight is 395 g/mol. The summed E-state index contributed by atoms with van der Waals surface area (Å²) in [6, 6.07) is 20.4. The van der Waals surface area contributed by atoms with Gasteiger partial charge in [0.2, 0.25) is 0 Å². The number of benzene rings is 3. The highest BCUT2D eigenvalue weighted by Gasteiger charge is 2.19. The van der Waals surface area contributed by atoms with Gasteiger partial charge in [0, 0.05) is 11.1 Å². The summed E-state index contributed by atoms with van der Waals surface area (Å²) in [7, 11) is 0. The van der Waals surface area contributed by atoms with E-state index in [0.717, 1.165) is 16.7 Å². The van der Waals surface area contributed by atoms with Crippen LogP contribution in [0.25, 0.3) is 22.5 Å². The van der Waals surface area contributed by atoms with E-state index in [9.17, 15) is 8.78 Å². The first-order valence-corrected chi connectivity index (χ1v) is 9.23. The molecule has 4 rings (SSSR count). The molecule has 4 aromatic rings. The van der Waals surface area contributed by atoms with Gasteiger partial charge in [0.1, 0.15) is 17.3 Å². The zero-order chi connectivity index (χ0) is 19.7. The summed E-state index contributed by atoms with van der Waals surface area (Å²) < 4.78 is 28.5. The molecule has 0 N–H and O–H groups in total. The van der Waals surface area contributed by atoms with Crippen LogP contribution in [0, 0.1) is 18.6 Å². The molecule has 28 heavy (non-hydrogen) atoms. The van der Waals surface area contributed by atoms with Crippen LogP contribution in [-0.4, -0.2) is 9.78 Å². The Morgan fingerprint density at radius 1 is 0.786 bits per heavy atom. The lowest BCUT2D eigenvalue weighted by Gasteiger charge is -2.09. The second kappa shape index (κ2) is 7.56. The van der Waals surface area contributed by atoms with E-state index in [2.05, 4.69) is 0 Å². The molecule has 5 heteroatoms. The Balaban J connectivity index is 1.84. The molecule has 1 aromatic heterocycles. The van der Waals surface area contributed by atoms with Crippen LogP contribution in [0.5, 0.6) is 0 Å². The zero-order valence-electron chi connectivity index (χ0n) is 15.2. The maximum absolute atomic E-state index is 13.4. The number of halogens is 3. The monoisotopic (exact) mass is 394 g/mol. The van der Waals surface area contributed by atoms with Crippen molar-refractivity contribution in [3.05, 3.63) is 101 Å². The first-order chi connectivity index (χ1) is 13.5. The second-order valence-corrected chi connectivity index (χ2v) is 7.05. The van der Waals surface area contributed by atoms with Crippen molar-refractivity contribution < 1.29 is 8.78 Å². The summed E-state index contributed by atoms with van der Waals surface area (Å²) in [6.07, 6.45) is 0. The highest BCUT2D eigenvalue weighted by atomic mass is 35.5. The molecule has 3 aromatic carbocycles. The van der Waals surface area contributed by atoms with E-state index in [4.69, 9.17) is 16.7 Å². The molecule has 0 amide bonds. The number of aromatic nitrogens is 2. The van der Waals surface area contributed by atoms with Gasteiger partial charge in [-0.2, -0.15) is 5.10 Å². The van der Waals surface area contributed by atoms with E-state index in [1.165, 1.54) is 29.8 Å². The fourth-order valence-electron chi connectivity index (χ4n) is 3.10. The number of aryl methyl sites for hydroxylation is 1. The predicted octanol–water partition coefficient (Wildman–Crippen LogP) is 6.51. The largest absolute Gasteiger partial charge is 0.258 e. The van der Waals surface area contributed by atoms with Crippen LogP contribution in [0.15, 0.2) is 72.8 Å². The minimum Gasteiger partial charge on any atom is -0.258 e. The third-order valence-electron chi connectivity index (χ3n) is 4.58. The van der Waals surface area contributed by atoms with E-state index < -0.39 is 0 Å². The van der Waals surface area contributed by atoms with Crippen LogP contribution in [0.4, 0.5) is 8.78 Å². The van der Waals surface area contributed by atoms with Crippen molar-refractivity contribution in [2.45, 2.75) is 13.5 Å². The molecule has 0 aliphatic carbocycles. The number of hydrogen-bond acceptors (Lipinski definition) is 1. The summed E-state index contributed by atoms with van der Waals surface area (Å²) in [4.78, 5) is 0. The zero-order valence-corrected chi connectivity index (χ0v) is 15.9. The van der Waals surface area contributed by atoms with Crippen molar-refractivity contribution in [2.75, 3.05) is 0 Å². The molecule has 0 bridgehead atoms. The molecule has 0 fully saturated rings. The maximum Gasteiger partial charge on any atom is 0.123 e. The summed E-state index contributed by atoms with van der Waals surface area (Å²) in [5.41, 5.74) is 4.98. The molecule has 0 saturated heterocycles. The predicted molar refractivity (Wildman–Crippen MR) is 108 cm³/mol. The Labute approximate surface area is 167 Å². The lowest BCUT2D eigenvalue weighted by molar-refractivity contribution is 0.627. The lowest BCUT2D eigenvalue weighted by atomic mass is 10.1. The Morgan fingerprint density at radius 2 is 1.32 bits per heavy atom. The van der Waals surface area contributed by atoms with Crippen LogP contribution in [-0.2, 0) is 6.54 Å². The second-order valence-electron chi connectivity index (χ2n) is 6.67. The highest BCUT2D eigenvalue weighted by molar-refractivity contribution is 6.35. The summed E-state index contributed by atoms with van der Waals surface area (Å²) >= 11 is 6.70. The summed E-state index contributed by atoms with van der Waals surface area (Å²) in [5, 5.41) is 5.14. The van der Waals surface area contributed by atoms with Crippen molar-refractivity contribution in [2.24, 2.45) is 0 Å². The van der Waals surface area contributed by atoms with E-state index in [0.29, 0.717) is 23.0 Å². The van der Waals surface area contributed by atoms with E-state index in [-0.39, 0.29) is 11.6 Å². The van der Waals surface area contributed by atoms with Crippen LogP contribution in [0.1, 0.15) is 11.1 Å². The van der Waals surface area contributed by atoms with Gasteiger partial charge >= 0.3 is 0 Å². The Morgan fingerprint density at radius 3 is 1.89 bits per heavy atom. The topological polar surface area (TPSA) is 17.8 Å². The smallest absolute Gasteiger partial charge is 0.123 e. The van der Waals surface area contributed by atoms with E-state index in [1.807, 2.05) is 31.2 Å². The van der Waals surface area contributed by atoms with Crippen molar-refractivity contribution in [1.82, 2.24) is 9.78 Å². The molecular formula is C23H17ClF2N2. The fraction of sp³-hybridized carbons (Fsp3) is 0.0870. The molecule has 0 saturated carbocycles. The SMILES string of the molecule is Cc1ccc(Cn2nc(-c3ccc(F)cc3)c(Cl)c2-c2ccc(F)cc2)cc1. The molecule has 0 aliphatic heterocycles. The molecule has 1 heterocycles. The number of nitrogens with zero attached hydrogens (tertiary/aromatic N) is 2. The third kappa shape index (κ3) is 3.69. The lowest BCUT2D eigenvalue weighted by Crippen LogP contribution is -2.04. The van der Waals surface area contributed by atoms with Crippen LogP contribution < -0.4 is 0 Å². The molecule has 0 aliphatic rings. The van der Waals surface area contributed by atoms with Crippen LogP contribution >= 0.6 is 11.6 Å². The van der Waals surface area contributed by atoms with Gasteiger partial charge in [0.15, 0.2) is 0 Å². The number of rotatable bonds is 4. The van der Waals surface area contributed by atoms with Crippen LogP contribution in [0.2, 0.25) is 5.02 Å². The van der Waals surface area contributed by atoms with Gasteiger partial charge in [0.05, 0.1) is 17.3 Å². The Bertz CT molecular complexity index is 1100. The number of hydrogen-bond donors (Lipinski definition) is 0. The van der Waals surface area contributed by atoms with Crippen molar-refractivity contribution >= 4 is 11.6 Å². The molecule has 2 nitrogen and oxygen atoms in total. The first kappa shape index (κ1) is 18.4. The van der Waals surface area contributed by atoms with Crippen molar-refractivity contribution in [3.63, 3.8) is 0 Å². The van der Waals surface area contributed by atoms with E-state index >= 15 is 0 Å². The fourth-order valence-corrected chi connectivity index (χ4v) is 3.45. The van der Waals surface area contributed by atoms with Crippen molar-refractivity contribution in [1.29, 1.82) is 0 Å². The Kier molecular flexibility index (Phi) is 4.97. The molecule has 0 radical (unpaired) electrons. The molecule has 0 unspecified atom stereocenters. The van der Waals surface area contributed by atoms with E-state index in [1.54, 1.807) is 28.9 Å². The maximum atomic E-state index is 13.4. The summed E-state index contributed by atoms with van der Waals surface area (Å²) in [6.45, 7) is 2.54. The highest BCUT2D eigenvalue weighted by Crippen LogP contribution is 2.37. The van der Waals surface area contributed by atoms with Gasteiger partial charge in [-0.1, -0.05) is 41.4 Å². The Hall–Kier alpha value is -2.98. The van der Waals surface area contributed by atoms with Gasteiger partial charge in [-0.05, 0) is 61.0 Å². The first-order valence-electron chi connectivity index (χ1n) is 8.85. The molecular weight excluding hydrogens is 378 g/mol. The molecule has 0 atom stereocenters. The van der Waals surface area contributed by atoms with Gasteiger partial charge in [0.25, 0.3) is 0 Å². The van der Waals surface area contributed by atoms with Gasteiger partial charge < -0.3 is 0 Å². The van der Waals surface area contributed by atoms with Gasteiger partial charge in [-0.25, -0.2) is 8.78 Å². The molecule has 0 spiro atoms. The summed E-state index contributed by atoms with van der Waals surface area (Å²) in [5.74, 6) is -0.638. The minimum atomic E-state index is -0.322. The van der Waals surface area contributed by atoms with Gasteiger partial charge in [-0.15, -0.1) is 0 Å². The normalized spacial score (nSPS) is 11.0. The molecule has 140 valence electrons. The van der Waals surface area contributed by atoms with Crippen LogP contribution in [0.3, 0.4) is 0 Å². The minimum absolute atomic E-state index is 0.316. The third-order valence-corrected chi connectivity index (χ3v) is 4.94. The standard InChI is InChI=1S/C23H17ClF2N2/c1-15-2-4-16(5-3-15)14-28-23(18-8-12-20(26)13-9-18)21(24)22(27-28)17-6-10-19(25)11-7-17/h2-13H,14H2,1H3. The van der Waals surface area contributed by atoms with Crippen molar-refractivity contribution in [3.8, 4) is 22.5 Å². The quantitative estimate of drug-likeness (QED) is 0.386.